The molecule has 1 aromatic rings. The third-order valence-corrected chi connectivity index (χ3v) is 5.18. The summed E-state index contributed by atoms with van der Waals surface area (Å²) in [6.07, 6.45) is 4.95. The van der Waals surface area contributed by atoms with Crippen LogP contribution >= 0.6 is 15.9 Å². The highest BCUT2D eigenvalue weighted by atomic mass is 79.9. The number of alkyl halides is 1. The van der Waals surface area contributed by atoms with Crippen LogP contribution in [0.1, 0.15) is 51.1 Å². The molecular formula is C18H26BrNO2. The highest BCUT2D eigenvalue weighted by molar-refractivity contribution is 9.09. The Balaban J connectivity index is 1.86. The van der Waals surface area contributed by atoms with E-state index >= 15 is 0 Å². The van der Waals surface area contributed by atoms with Crippen LogP contribution in [0.15, 0.2) is 18.2 Å². The standard InChI is InChI=1S/C18H26BrNO2/c1-18(2)17(20-11-4-3-5-12-20)14-8-6-9-15(16(14)22-18)21-13-7-10-19/h6,8-9,17H,3-5,7,10-13H2,1-2H3. The molecule has 0 amide bonds. The average molecular weight is 368 g/mol. The Morgan fingerprint density at radius 3 is 2.77 bits per heavy atom. The molecule has 1 atom stereocenters. The molecule has 3 rings (SSSR count). The first-order valence-corrected chi connectivity index (χ1v) is 9.50. The van der Waals surface area contributed by atoms with E-state index in [0.717, 1.165) is 29.9 Å². The van der Waals surface area contributed by atoms with Gasteiger partial charge < -0.3 is 9.47 Å². The molecule has 0 bridgehead atoms. The molecule has 1 fully saturated rings. The molecule has 22 heavy (non-hydrogen) atoms. The van der Waals surface area contributed by atoms with Crippen LogP contribution in [0.2, 0.25) is 0 Å². The van der Waals surface area contributed by atoms with Gasteiger partial charge in [0, 0.05) is 10.9 Å². The summed E-state index contributed by atoms with van der Waals surface area (Å²) < 4.78 is 12.3. The molecule has 122 valence electrons. The largest absolute Gasteiger partial charge is 0.490 e. The second-order valence-corrected chi connectivity index (χ2v) is 7.56. The molecule has 2 aliphatic heterocycles. The molecule has 1 unspecified atom stereocenters. The third kappa shape index (κ3) is 3.13. The lowest BCUT2D eigenvalue weighted by Gasteiger charge is -2.38. The molecule has 0 aliphatic carbocycles. The third-order valence-electron chi connectivity index (χ3n) is 4.62. The lowest BCUT2D eigenvalue weighted by atomic mass is 9.91. The predicted octanol–water partition coefficient (Wildman–Crippen LogP) is 4.55. The van der Waals surface area contributed by atoms with Crippen LogP contribution in [0.4, 0.5) is 0 Å². The molecule has 1 saturated heterocycles. The zero-order chi connectivity index (χ0) is 15.6. The van der Waals surface area contributed by atoms with Gasteiger partial charge in [0.2, 0.25) is 0 Å². The van der Waals surface area contributed by atoms with Gasteiger partial charge in [-0.1, -0.05) is 34.5 Å². The van der Waals surface area contributed by atoms with E-state index in [0.29, 0.717) is 6.04 Å². The summed E-state index contributed by atoms with van der Waals surface area (Å²) in [6, 6.07) is 6.68. The van der Waals surface area contributed by atoms with Crippen molar-refractivity contribution >= 4 is 15.9 Å². The van der Waals surface area contributed by atoms with Crippen molar-refractivity contribution < 1.29 is 9.47 Å². The summed E-state index contributed by atoms with van der Waals surface area (Å²) in [5.41, 5.74) is 1.09. The number of benzene rings is 1. The van der Waals surface area contributed by atoms with Crippen LogP contribution in [-0.4, -0.2) is 35.5 Å². The van der Waals surface area contributed by atoms with E-state index in [4.69, 9.17) is 9.47 Å². The number of para-hydroxylation sites is 1. The number of hydrogen-bond acceptors (Lipinski definition) is 3. The fourth-order valence-corrected chi connectivity index (χ4v) is 3.94. The Morgan fingerprint density at radius 2 is 2.05 bits per heavy atom. The molecule has 2 aliphatic rings. The number of rotatable bonds is 5. The van der Waals surface area contributed by atoms with E-state index < -0.39 is 0 Å². The average Bonchev–Trinajstić information content (AvgIpc) is 2.79. The van der Waals surface area contributed by atoms with Crippen molar-refractivity contribution in [1.29, 1.82) is 0 Å². The lowest BCUT2D eigenvalue weighted by molar-refractivity contribution is 0.0186. The van der Waals surface area contributed by atoms with Crippen LogP contribution in [0.5, 0.6) is 11.5 Å². The second-order valence-electron chi connectivity index (χ2n) is 6.77. The monoisotopic (exact) mass is 367 g/mol. The maximum atomic E-state index is 6.34. The highest BCUT2D eigenvalue weighted by Crippen LogP contribution is 2.51. The number of halogens is 1. The van der Waals surface area contributed by atoms with E-state index in [9.17, 15) is 0 Å². The molecule has 0 radical (unpaired) electrons. The van der Waals surface area contributed by atoms with Crippen LogP contribution in [0.25, 0.3) is 0 Å². The van der Waals surface area contributed by atoms with E-state index in [1.54, 1.807) is 0 Å². The summed E-state index contributed by atoms with van der Waals surface area (Å²) in [5.74, 6) is 1.85. The van der Waals surface area contributed by atoms with Gasteiger partial charge in [0.15, 0.2) is 11.5 Å². The summed E-state index contributed by atoms with van der Waals surface area (Å²) in [4.78, 5) is 2.59. The minimum atomic E-state index is -0.200. The van der Waals surface area contributed by atoms with Crippen molar-refractivity contribution in [3.8, 4) is 11.5 Å². The Kier molecular flexibility index (Phi) is 4.98. The van der Waals surface area contributed by atoms with Crippen molar-refractivity contribution in [2.45, 2.75) is 51.2 Å². The van der Waals surface area contributed by atoms with Gasteiger partial charge in [0.1, 0.15) is 5.60 Å². The Labute approximate surface area is 142 Å². The van der Waals surface area contributed by atoms with Gasteiger partial charge in [0.05, 0.1) is 12.6 Å². The first-order chi connectivity index (χ1) is 10.6. The lowest BCUT2D eigenvalue weighted by Crippen LogP contribution is -2.44. The van der Waals surface area contributed by atoms with Crippen LogP contribution in [-0.2, 0) is 0 Å². The van der Waals surface area contributed by atoms with E-state index in [1.165, 1.54) is 37.9 Å². The summed E-state index contributed by atoms with van der Waals surface area (Å²) in [7, 11) is 0. The number of nitrogens with zero attached hydrogens (tertiary/aromatic N) is 1. The van der Waals surface area contributed by atoms with Gasteiger partial charge in [-0.3, -0.25) is 4.90 Å². The smallest absolute Gasteiger partial charge is 0.167 e. The van der Waals surface area contributed by atoms with Crippen molar-refractivity contribution in [2.75, 3.05) is 25.0 Å². The first-order valence-electron chi connectivity index (χ1n) is 8.38. The van der Waals surface area contributed by atoms with E-state index in [1.807, 2.05) is 6.07 Å². The Bertz CT molecular complexity index is 512. The SMILES string of the molecule is CC1(C)Oc2c(OCCCBr)cccc2C1N1CCCCC1. The minimum Gasteiger partial charge on any atom is -0.490 e. The summed E-state index contributed by atoms with van der Waals surface area (Å²) in [6.45, 7) is 7.47. The number of likely N-dealkylation sites (tertiary alicyclic amines) is 1. The zero-order valence-electron chi connectivity index (χ0n) is 13.6. The summed E-state index contributed by atoms with van der Waals surface area (Å²) in [5, 5.41) is 0.963. The molecule has 0 aromatic heterocycles. The van der Waals surface area contributed by atoms with Crippen LogP contribution in [0, 0.1) is 0 Å². The van der Waals surface area contributed by atoms with Crippen molar-refractivity contribution in [1.82, 2.24) is 4.90 Å². The van der Waals surface area contributed by atoms with Gasteiger partial charge in [-0.2, -0.15) is 0 Å². The maximum Gasteiger partial charge on any atom is 0.167 e. The molecule has 3 nitrogen and oxygen atoms in total. The zero-order valence-corrected chi connectivity index (χ0v) is 15.2. The van der Waals surface area contributed by atoms with E-state index in [-0.39, 0.29) is 5.60 Å². The van der Waals surface area contributed by atoms with Crippen LogP contribution in [0.3, 0.4) is 0 Å². The second kappa shape index (κ2) is 6.79. The van der Waals surface area contributed by atoms with Crippen molar-refractivity contribution in [3.63, 3.8) is 0 Å². The number of fused-ring (bicyclic) bond motifs is 1. The highest BCUT2D eigenvalue weighted by Gasteiger charge is 2.45. The van der Waals surface area contributed by atoms with Gasteiger partial charge in [-0.25, -0.2) is 0 Å². The maximum absolute atomic E-state index is 6.34. The van der Waals surface area contributed by atoms with E-state index in [2.05, 4.69) is 46.8 Å². The predicted molar refractivity (Wildman–Crippen MR) is 93.2 cm³/mol. The van der Waals surface area contributed by atoms with Gasteiger partial charge >= 0.3 is 0 Å². The molecule has 0 N–H and O–H groups in total. The molecule has 4 heteroatoms. The van der Waals surface area contributed by atoms with Crippen molar-refractivity contribution in [3.05, 3.63) is 23.8 Å². The topological polar surface area (TPSA) is 21.7 Å². The number of hydrogen-bond donors (Lipinski definition) is 0. The quantitative estimate of drug-likeness (QED) is 0.562. The number of ether oxygens (including phenoxy) is 2. The Morgan fingerprint density at radius 1 is 1.27 bits per heavy atom. The van der Waals surface area contributed by atoms with Gasteiger partial charge in [0.25, 0.3) is 0 Å². The summed E-state index contributed by atoms with van der Waals surface area (Å²) >= 11 is 3.45. The molecule has 0 saturated carbocycles. The Hall–Kier alpha value is -0.740. The molecular weight excluding hydrogens is 342 g/mol. The molecule has 2 heterocycles. The first kappa shape index (κ1) is 16.1. The minimum absolute atomic E-state index is 0.200. The normalized spacial score (nSPS) is 23.9. The number of piperidine rings is 1. The molecule has 0 spiro atoms. The van der Waals surface area contributed by atoms with Crippen LogP contribution < -0.4 is 9.47 Å². The molecule has 1 aromatic carbocycles. The fourth-order valence-electron chi connectivity index (χ4n) is 3.71. The fraction of sp³-hybridized carbons (Fsp3) is 0.667. The van der Waals surface area contributed by atoms with Gasteiger partial charge in [-0.05, 0) is 52.3 Å². The van der Waals surface area contributed by atoms with Gasteiger partial charge in [-0.15, -0.1) is 0 Å². The van der Waals surface area contributed by atoms with Crippen molar-refractivity contribution in [2.24, 2.45) is 0 Å².